The number of amides is 1. The maximum absolute atomic E-state index is 12.9. The Morgan fingerprint density at radius 3 is 2.69 bits per heavy atom. The molecule has 2 heterocycles. The molecule has 5 nitrogen and oxygen atoms in total. The van der Waals surface area contributed by atoms with Gasteiger partial charge in [-0.25, -0.2) is 9.67 Å². The van der Waals surface area contributed by atoms with E-state index in [2.05, 4.69) is 10.3 Å². The summed E-state index contributed by atoms with van der Waals surface area (Å²) in [6.07, 6.45) is 2.98. The van der Waals surface area contributed by atoms with E-state index in [1.807, 2.05) is 59.3 Å². The fraction of sp³-hybridized carbons (Fsp3) is 0.150. The highest BCUT2D eigenvalue weighted by atomic mass is 32.1. The molecule has 1 N–H and O–H groups in total. The number of hydrogen-bond donors (Lipinski definition) is 1. The number of para-hydroxylation sites is 2. The Morgan fingerprint density at radius 1 is 1.04 bits per heavy atom. The fourth-order valence-electron chi connectivity index (χ4n) is 3.41. The van der Waals surface area contributed by atoms with E-state index in [1.54, 1.807) is 0 Å². The predicted molar refractivity (Wildman–Crippen MR) is 103 cm³/mol. The van der Waals surface area contributed by atoms with Gasteiger partial charge in [0.2, 0.25) is 0 Å². The summed E-state index contributed by atoms with van der Waals surface area (Å²) in [7, 11) is 0. The van der Waals surface area contributed by atoms with Gasteiger partial charge in [0.25, 0.3) is 5.91 Å². The molecule has 0 aliphatic heterocycles. The highest BCUT2D eigenvalue weighted by molar-refractivity contribution is 7.20. The first-order valence-electron chi connectivity index (χ1n) is 8.63. The van der Waals surface area contributed by atoms with Crippen molar-refractivity contribution in [1.29, 1.82) is 0 Å². The number of nitrogens with one attached hydrogen (secondary N) is 1. The smallest absolute Gasteiger partial charge is 0.285 e. The van der Waals surface area contributed by atoms with E-state index < -0.39 is 0 Å². The summed E-state index contributed by atoms with van der Waals surface area (Å²) < 4.78 is 2.86. The summed E-state index contributed by atoms with van der Waals surface area (Å²) in [6, 6.07) is 17.7. The van der Waals surface area contributed by atoms with Crippen LogP contribution in [0, 0.1) is 0 Å². The van der Waals surface area contributed by atoms with Crippen LogP contribution in [0.25, 0.3) is 15.9 Å². The van der Waals surface area contributed by atoms with Crippen molar-refractivity contribution in [3.05, 3.63) is 70.9 Å². The summed E-state index contributed by atoms with van der Waals surface area (Å²) in [6.45, 7) is 0. The van der Waals surface area contributed by atoms with E-state index >= 15 is 0 Å². The molecule has 0 radical (unpaired) electrons. The number of aromatic nitrogens is 3. The quantitative estimate of drug-likeness (QED) is 0.595. The van der Waals surface area contributed by atoms with Crippen LogP contribution in [0.2, 0.25) is 0 Å². The van der Waals surface area contributed by atoms with Crippen LogP contribution in [0.4, 0.5) is 5.82 Å². The summed E-state index contributed by atoms with van der Waals surface area (Å²) in [4.78, 5) is 17.3. The number of fused-ring (bicyclic) bond motifs is 2. The molecule has 1 aliphatic rings. The van der Waals surface area contributed by atoms with E-state index in [9.17, 15) is 4.79 Å². The minimum absolute atomic E-state index is 0.182. The Bertz CT molecular complexity index is 1080. The van der Waals surface area contributed by atoms with Gasteiger partial charge in [-0.3, -0.25) is 4.79 Å². The van der Waals surface area contributed by atoms with E-state index in [0.717, 1.165) is 52.2 Å². The van der Waals surface area contributed by atoms with Gasteiger partial charge in [0, 0.05) is 5.56 Å². The average Bonchev–Trinajstić information content (AvgIpc) is 3.37. The maximum Gasteiger partial charge on any atom is 0.285 e. The predicted octanol–water partition coefficient (Wildman–Crippen LogP) is 4.22. The largest absolute Gasteiger partial charge is 0.304 e. The van der Waals surface area contributed by atoms with Crippen molar-refractivity contribution >= 4 is 33.3 Å². The van der Waals surface area contributed by atoms with Crippen molar-refractivity contribution in [2.45, 2.75) is 19.3 Å². The van der Waals surface area contributed by atoms with Gasteiger partial charge in [-0.1, -0.05) is 30.3 Å². The molecule has 0 bridgehead atoms. The van der Waals surface area contributed by atoms with Gasteiger partial charge >= 0.3 is 0 Å². The molecule has 1 amide bonds. The van der Waals surface area contributed by atoms with Crippen LogP contribution in [-0.4, -0.2) is 20.7 Å². The maximum atomic E-state index is 12.9. The summed E-state index contributed by atoms with van der Waals surface area (Å²) in [5.74, 6) is 0.589. The van der Waals surface area contributed by atoms with Crippen LogP contribution in [0.5, 0.6) is 0 Å². The third kappa shape index (κ3) is 2.50. The molecule has 2 aromatic carbocycles. The summed E-state index contributed by atoms with van der Waals surface area (Å²) >= 11 is 1.41. The number of anilines is 1. The van der Waals surface area contributed by atoms with Gasteiger partial charge in [0.1, 0.15) is 5.82 Å². The lowest BCUT2D eigenvalue weighted by atomic mass is 10.2. The zero-order chi connectivity index (χ0) is 17.5. The van der Waals surface area contributed by atoms with Crippen LogP contribution < -0.4 is 5.32 Å². The number of carbonyl (C=O) groups excluding carboxylic acids is 1. The van der Waals surface area contributed by atoms with E-state index in [0.29, 0.717) is 5.01 Å². The Kier molecular flexibility index (Phi) is 3.57. The second kappa shape index (κ2) is 6.07. The Hall–Kier alpha value is -2.99. The molecule has 0 fully saturated rings. The van der Waals surface area contributed by atoms with E-state index in [4.69, 9.17) is 5.10 Å². The molecule has 6 heteroatoms. The molecule has 1 aliphatic carbocycles. The summed E-state index contributed by atoms with van der Waals surface area (Å²) in [5, 5.41) is 8.28. The van der Waals surface area contributed by atoms with Crippen molar-refractivity contribution in [2.75, 3.05) is 5.32 Å². The van der Waals surface area contributed by atoms with Gasteiger partial charge in [0.15, 0.2) is 5.01 Å². The SMILES string of the molecule is O=C(Nc1c2c(nn1-c1ccccc1)CCC2)c1nc2ccccc2s1. The standard InChI is InChI=1S/C20H16N4OS/c25-19(20-21-16-10-4-5-12-17(16)26-20)22-18-14-9-6-11-15(14)23-24(18)13-7-2-1-3-8-13/h1-5,7-8,10,12H,6,9,11H2,(H,22,25). The lowest BCUT2D eigenvalue weighted by Gasteiger charge is -2.10. The molecular formula is C20H16N4OS. The number of rotatable bonds is 3. The third-order valence-electron chi connectivity index (χ3n) is 4.63. The first-order chi connectivity index (χ1) is 12.8. The first-order valence-corrected chi connectivity index (χ1v) is 9.44. The van der Waals surface area contributed by atoms with Gasteiger partial charge in [-0.15, -0.1) is 11.3 Å². The van der Waals surface area contributed by atoms with Gasteiger partial charge in [0.05, 0.1) is 21.6 Å². The highest BCUT2D eigenvalue weighted by Crippen LogP contribution is 2.31. The topological polar surface area (TPSA) is 59.8 Å². The number of hydrogen-bond acceptors (Lipinski definition) is 4. The zero-order valence-corrected chi connectivity index (χ0v) is 14.8. The second-order valence-electron chi connectivity index (χ2n) is 6.32. The van der Waals surface area contributed by atoms with Crippen LogP contribution in [0.3, 0.4) is 0 Å². The molecule has 0 unspecified atom stereocenters. The molecule has 26 heavy (non-hydrogen) atoms. The van der Waals surface area contributed by atoms with Gasteiger partial charge in [-0.2, -0.15) is 5.10 Å². The molecular weight excluding hydrogens is 344 g/mol. The number of carbonyl (C=O) groups is 1. The Balaban J connectivity index is 1.54. The van der Waals surface area contributed by atoms with Crippen molar-refractivity contribution in [3.8, 4) is 5.69 Å². The van der Waals surface area contributed by atoms with Crippen molar-refractivity contribution in [2.24, 2.45) is 0 Å². The molecule has 0 saturated carbocycles. The molecule has 4 aromatic rings. The number of nitrogens with zero attached hydrogens (tertiary/aromatic N) is 3. The first kappa shape index (κ1) is 15.3. The monoisotopic (exact) mass is 360 g/mol. The van der Waals surface area contributed by atoms with Crippen LogP contribution >= 0.6 is 11.3 Å². The minimum atomic E-state index is -0.182. The van der Waals surface area contributed by atoms with Gasteiger partial charge in [-0.05, 0) is 43.5 Å². The van der Waals surface area contributed by atoms with Crippen molar-refractivity contribution in [3.63, 3.8) is 0 Å². The zero-order valence-electron chi connectivity index (χ0n) is 14.0. The Labute approximate surface area is 154 Å². The average molecular weight is 360 g/mol. The highest BCUT2D eigenvalue weighted by Gasteiger charge is 2.25. The summed E-state index contributed by atoms with van der Waals surface area (Å²) in [5.41, 5.74) is 4.02. The molecule has 0 atom stereocenters. The lowest BCUT2D eigenvalue weighted by molar-refractivity contribution is 0.102. The molecule has 0 saturated heterocycles. The normalized spacial score (nSPS) is 13.1. The lowest BCUT2D eigenvalue weighted by Crippen LogP contribution is -2.16. The minimum Gasteiger partial charge on any atom is -0.304 e. The van der Waals surface area contributed by atoms with E-state index in [-0.39, 0.29) is 5.91 Å². The van der Waals surface area contributed by atoms with Crippen molar-refractivity contribution < 1.29 is 4.79 Å². The second-order valence-corrected chi connectivity index (χ2v) is 7.35. The number of aryl methyl sites for hydroxylation is 1. The van der Waals surface area contributed by atoms with Crippen LogP contribution in [0.1, 0.15) is 27.5 Å². The molecule has 2 aromatic heterocycles. The Morgan fingerprint density at radius 2 is 1.85 bits per heavy atom. The van der Waals surface area contributed by atoms with E-state index in [1.165, 1.54) is 11.3 Å². The van der Waals surface area contributed by atoms with Gasteiger partial charge < -0.3 is 5.32 Å². The molecule has 0 spiro atoms. The van der Waals surface area contributed by atoms with Crippen LogP contribution in [0.15, 0.2) is 54.6 Å². The fourth-order valence-corrected chi connectivity index (χ4v) is 4.27. The number of benzene rings is 2. The number of thiazole rings is 1. The molecule has 128 valence electrons. The van der Waals surface area contributed by atoms with Crippen molar-refractivity contribution in [1.82, 2.24) is 14.8 Å². The van der Waals surface area contributed by atoms with Crippen LogP contribution in [-0.2, 0) is 12.8 Å². The molecule has 5 rings (SSSR count). The third-order valence-corrected chi connectivity index (χ3v) is 5.66.